The maximum Gasteiger partial charge on any atom is 0.253 e. The first-order valence-corrected chi connectivity index (χ1v) is 11.8. The Labute approximate surface area is 188 Å². The number of benzene rings is 1. The van der Waals surface area contributed by atoms with Crippen LogP contribution in [0.2, 0.25) is 0 Å². The highest BCUT2D eigenvalue weighted by atomic mass is 16.5. The fourth-order valence-electron chi connectivity index (χ4n) is 5.21. The number of aromatic nitrogens is 5. The van der Waals surface area contributed by atoms with Crippen LogP contribution in [0.25, 0.3) is 10.9 Å². The minimum Gasteiger partial charge on any atom is -0.376 e. The Hall–Kier alpha value is -2.58. The van der Waals surface area contributed by atoms with E-state index in [1.54, 1.807) is 0 Å². The Morgan fingerprint density at radius 2 is 2.00 bits per heavy atom. The first-order valence-electron chi connectivity index (χ1n) is 11.8. The van der Waals surface area contributed by atoms with Crippen LogP contribution in [-0.2, 0) is 11.3 Å². The monoisotopic (exact) mass is 436 g/mol. The highest BCUT2D eigenvalue weighted by molar-refractivity contribution is 5.83. The number of piperidine rings is 1. The third kappa shape index (κ3) is 4.09. The molecule has 170 valence electrons. The van der Waals surface area contributed by atoms with E-state index >= 15 is 0 Å². The summed E-state index contributed by atoms with van der Waals surface area (Å²) in [7, 11) is 0. The van der Waals surface area contributed by atoms with E-state index < -0.39 is 0 Å². The van der Waals surface area contributed by atoms with Crippen molar-refractivity contribution in [3.63, 3.8) is 0 Å². The molecule has 5 rings (SSSR count). The minimum absolute atomic E-state index is 0.0697. The van der Waals surface area contributed by atoms with Crippen molar-refractivity contribution >= 4 is 10.9 Å². The number of hydrogen-bond donors (Lipinski definition) is 1. The van der Waals surface area contributed by atoms with Gasteiger partial charge in [0.2, 0.25) is 0 Å². The third-order valence-electron chi connectivity index (χ3n) is 7.00. The standard InChI is InChI=1S/C24H32N6O2/c1-15-6-8-29(9-7-15)22(23-26-27-28-30(23)14-19-5-4-10-32-19)20-13-18-12-16(2)11-17(3)21(18)25-24(20)31/h11-13,15,19,22H,4-10,14H2,1-3H3,(H,25,31)/t19-,22-/m0/s1. The van der Waals surface area contributed by atoms with Crippen LogP contribution >= 0.6 is 0 Å². The molecule has 2 aliphatic heterocycles. The number of nitrogens with zero attached hydrogens (tertiary/aromatic N) is 5. The lowest BCUT2D eigenvalue weighted by Crippen LogP contribution is -2.40. The van der Waals surface area contributed by atoms with Crippen LogP contribution in [0.5, 0.6) is 0 Å². The Morgan fingerprint density at radius 1 is 1.19 bits per heavy atom. The zero-order valence-corrected chi connectivity index (χ0v) is 19.2. The summed E-state index contributed by atoms with van der Waals surface area (Å²) in [6.07, 6.45) is 4.42. The second-order valence-electron chi connectivity index (χ2n) is 9.58. The normalized spacial score (nSPS) is 21.4. The zero-order valence-electron chi connectivity index (χ0n) is 19.2. The highest BCUT2D eigenvalue weighted by Gasteiger charge is 2.33. The van der Waals surface area contributed by atoms with Crippen LogP contribution in [-0.4, -0.2) is 55.9 Å². The van der Waals surface area contributed by atoms with Crippen LogP contribution in [0, 0.1) is 19.8 Å². The first kappa shape index (κ1) is 21.3. The molecule has 0 amide bonds. The summed E-state index contributed by atoms with van der Waals surface area (Å²) in [6, 6.07) is 5.99. The average Bonchev–Trinajstić information content (AvgIpc) is 3.44. The number of aromatic amines is 1. The molecule has 0 spiro atoms. The van der Waals surface area contributed by atoms with Gasteiger partial charge < -0.3 is 9.72 Å². The summed E-state index contributed by atoms with van der Waals surface area (Å²) in [5.74, 6) is 1.42. The van der Waals surface area contributed by atoms with Crippen LogP contribution < -0.4 is 5.56 Å². The molecule has 0 saturated carbocycles. The molecule has 4 heterocycles. The predicted molar refractivity (Wildman–Crippen MR) is 123 cm³/mol. The molecule has 2 saturated heterocycles. The Morgan fingerprint density at radius 3 is 2.75 bits per heavy atom. The second-order valence-corrected chi connectivity index (χ2v) is 9.58. The van der Waals surface area contributed by atoms with Gasteiger partial charge >= 0.3 is 0 Å². The van der Waals surface area contributed by atoms with Gasteiger partial charge in [0.05, 0.1) is 18.2 Å². The smallest absolute Gasteiger partial charge is 0.253 e. The molecule has 8 nitrogen and oxygen atoms in total. The van der Waals surface area contributed by atoms with Crippen molar-refractivity contribution in [3.8, 4) is 0 Å². The number of ether oxygens (including phenoxy) is 1. The van der Waals surface area contributed by atoms with E-state index in [4.69, 9.17) is 4.74 Å². The minimum atomic E-state index is -0.284. The van der Waals surface area contributed by atoms with Crippen molar-refractivity contribution in [1.82, 2.24) is 30.1 Å². The van der Waals surface area contributed by atoms with Gasteiger partial charge in [0.15, 0.2) is 5.82 Å². The molecule has 2 atom stereocenters. The van der Waals surface area contributed by atoms with E-state index in [2.05, 4.69) is 51.4 Å². The summed E-state index contributed by atoms with van der Waals surface area (Å²) in [4.78, 5) is 18.9. The summed E-state index contributed by atoms with van der Waals surface area (Å²) in [5.41, 5.74) is 3.80. The Balaban J connectivity index is 1.61. The van der Waals surface area contributed by atoms with Crippen LogP contribution in [0.4, 0.5) is 0 Å². The summed E-state index contributed by atoms with van der Waals surface area (Å²) in [6.45, 7) is 9.67. The molecule has 0 unspecified atom stereocenters. The van der Waals surface area contributed by atoms with E-state index in [1.165, 1.54) is 5.56 Å². The molecule has 0 radical (unpaired) electrons. The van der Waals surface area contributed by atoms with Gasteiger partial charge in [0.25, 0.3) is 5.56 Å². The predicted octanol–water partition coefficient (Wildman–Crippen LogP) is 3.13. The van der Waals surface area contributed by atoms with Gasteiger partial charge in [-0.15, -0.1) is 5.10 Å². The first-order chi connectivity index (χ1) is 15.5. The van der Waals surface area contributed by atoms with Gasteiger partial charge in [0, 0.05) is 12.2 Å². The van der Waals surface area contributed by atoms with E-state index in [0.29, 0.717) is 18.0 Å². The molecule has 8 heteroatoms. The number of rotatable bonds is 5. The lowest BCUT2D eigenvalue weighted by Gasteiger charge is -2.36. The zero-order chi connectivity index (χ0) is 22.2. The Kier molecular flexibility index (Phi) is 5.82. The average molecular weight is 437 g/mol. The van der Waals surface area contributed by atoms with Crippen molar-refractivity contribution in [2.75, 3.05) is 19.7 Å². The van der Waals surface area contributed by atoms with Gasteiger partial charge in [-0.05, 0) is 92.0 Å². The summed E-state index contributed by atoms with van der Waals surface area (Å²) >= 11 is 0. The van der Waals surface area contributed by atoms with E-state index in [-0.39, 0.29) is 17.7 Å². The molecule has 3 aromatic rings. The number of hydrogen-bond acceptors (Lipinski definition) is 6. The van der Waals surface area contributed by atoms with Crippen LogP contribution in [0.15, 0.2) is 23.0 Å². The number of pyridine rings is 1. The summed E-state index contributed by atoms with van der Waals surface area (Å²) < 4.78 is 7.69. The van der Waals surface area contributed by atoms with Crippen LogP contribution in [0.3, 0.4) is 0 Å². The molecule has 0 bridgehead atoms. The second kappa shape index (κ2) is 8.75. The maximum absolute atomic E-state index is 13.4. The molecule has 2 aliphatic rings. The van der Waals surface area contributed by atoms with Crippen molar-refractivity contribution in [3.05, 3.63) is 51.1 Å². The lowest BCUT2D eigenvalue weighted by molar-refractivity contribution is 0.0894. The Bertz CT molecular complexity index is 1150. The van der Waals surface area contributed by atoms with Gasteiger partial charge in [0.1, 0.15) is 6.04 Å². The lowest BCUT2D eigenvalue weighted by atomic mass is 9.95. The molecular weight excluding hydrogens is 404 g/mol. The van der Waals surface area contributed by atoms with Crippen molar-refractivity contribution in [2.45, 2.75) is 65.1 Å². The van der Waals surface area contributed by atoms with Crippen molar-refractivity contribution < 1.29 is 4.74 Å². The molecule has 1 aromatic carbocycles. The van der Waals surface area contributed by atoms with E-state index in [9.17, 15) is 4.79 Å². The SMILES string of the molecule is Cc1cc(C)c2[nH]c(=O)c([C@@H](c3nnnn3C[C@@H]3CCCO3)N3CCC(C)CC3)cc2c1. The fraction of sp³-hybridized carbons (Fsp3) is 0.583. The largest absolute Gasteiger partial charge is 0.376 e. The molecule has 32 heavy (non-hydrogen) atoms. The number of aryl methyl sites for hydroxylation is 2. The van der Waals surface area contributed by atoms with E-state index in [1.807, 2.05) is 17.7 Å². The number of nitrogens with one attached hydrogen (secondary N) is 1. The number of fused-ring (bicyclic) bond motifs is 1. The van der Waals surface area contributed by atoms with Crippen molar-refractivity contribution in [2.24, 2.45) is 5.92 Å². The summed E-state index contributed by atoms with van der Waals surface area (Å²) in [5, 5.41) is 13.8. The molecule has 0 aliphatic carbocycles. The van der Waals surface area contributed by atoms with Gasteiger partial charge in [-0.3, -0.25) is 9.69 Å². The highest BCUT2D eigenvalue weighted by Crippen LogP contribution is 2.31. The fourth-order valence-corrected chi connectivity index (χ4v) is 5.21. The van der Waals surface area contributed by atoms with Crippen LogP contribution in [0.1, 0.15) is 61.2 Å². The number of tetrazole rings is 1. The topological polar surface area (TPSA) is 88.9 Å². The number of likely N-dealkylation sites (tertiary alicyclic amines) is 1. The van der Waals surface area contributed by atoms with E-state index in [0.717, 1.165) is 67.7 Å². The molecule has 1 N–H and O–H groups in total. The van der Waals surface area contributed by atoms with Gasteiger partial charge in [-0.25, -0.2) is 4.68 Å². The number of H-pyrrole nitrogens is 1. The quantitative estimate of drug-likeness (QED) is 0.661. The molecule has 2 aromatic heterocycles. The van der Waals surface area contributed by atoms with Gasteiger partial charge in [-0.1, -0.05) is 18.6 Å². The third-order valence-corrected chi connectivity index (χ3v) is 7.00. The molecule has 2 fully saturated rings. The molecular formula is C24H32N6O2. The maximum atomic E-state index is 13.4. The van der Waals surface area contributed by atoms with Gasteiger partial charge in [-0.2, -0.15) is 0 Å². The van der Waals surface area contributed by atoms with Crippen molar-refractivity contribution in [1.29, 1.82) is 0 Å².